The number of amides is 2. The second-order valence-corrected chi connectivity index (χ2v) is 9.50. The van der Waals surface area contributed by atoms with E-state index in [0.29, 0.717) is 18.1 Å². The highest BCUT2D eigenvalue weighted by atomic mass is 32.2. The summed E-state index contributed by atoms with van der Waals surface area (Å²) in [6.45, 7) is 2.06. The molecule has 9 heteroatoms. The van der Waals surface area contributed by atoms with E-state index in [9.17, 15) is 19.5 Å². The number of hydrogen-bond donors (Lipinski definition) is 2. The predicted molar refractivity (Wildman–Crippen MR) is 129 cm³/mol. The molecule has 1 fully saturated rings. The molecular formula is C25H28N2O6S. The van der Waals surface area contributed by atoms with Crippen LogP contribution in [0.5, 0.6) is 0 Å². The lowest BCUT2D eigenvalue weighted by Crippen LogP contribution is -2.60. The Balaban J connectivity index is 1.46. The molecule has 1 aliphatic carbocycles. The van der Waals surface area contributed by atoms with Crippen molar-refractivity contribution < 1.29 is 29.0 Å². The van der Waals surface area contributed by atoms with Crippen LogP contribution in [-0.4, -0.2) is 77.9 Å². The summed E-state index contributed by atoms with van der Waals surface area (Å²) < 4.78 is 10.9. The maximum absolute atomic E-state index is 13.2. The number of aliphatic carboxylic acids is 1. The fourth-order valence-corrected chi connectivity index (χ4v) is 5.57. The summed E-state index contributed by atoms with van der Waals surface area (Å²) in [5.41, 5.74) is 4.42. The van der Waals surface area contributed by atoms with Crippen molar-refractivity contribution in [3.63, 3.8) is 0 Å². The van der Waals surface area contributed by atoms with Gasteiger partial charge in [-0.25, -0.2) is 9.59 Å². The number of fused-ring (bicyclic) bond motifs is 3. The summed E-state index contributed by atoms with van der Waals surface area (Å²) >= 11 is 1.49. The molecule has 0 radical (unpaired) electrons. The van der Waals surface area contributed by atoms with Gasteiger partial charge in [-0.2, -0.15) is 11.8 Å². The molecule has 2 aliphatic rings. The Morgan fingerprint density at radius 1 is 1.12 bits per heavy atom. The molecule has 2 aromatic rings. The number of hydrogen-bond acceptors (Lipinski definition) is 6. The van der Waals surface area contributed by atoms with Gasteiger partial charge >= 0.3 is 12.1 Å². The van der Waals surface area contributed by atoms with Crippen LogP contribution in [0.15, 0.2) is 48.5 Å². The van der Waals surface area contributed by atoms with Crippen molar-refractivity contribution in [2.45, 2.75) is 31.0 Å². The molecule has 0 saturated carbocycles. The third kappa shape index (κ3) is 4.76. The predicted octanol–water partition coefficient (Wildman–Crippen LogP) is 2.96. The topological polar surface area (TPSA) is 105 Å². The average Bonchev–Trinajstić information content (AvgIpc) is 3.18. The van der Waals surface area contributed by atoms with Crippen LogP contribution >= 0.6 is 11.8 Å². The van der Waals surface area contributed by atoms with Crippen molar-refractivity contribution >= 4 is 29.7 Å². The fourth-order valence-electron chi connectivity index (χ4n) is 4.53. The van der Waals surface area contributed by atoms with Crippen molar-refractivity contribution in [3.8, 4) is 11.1 Å². The smallest absolute Gasteiger partial charge is 0.407 e. The van der Waals surface area contributed by atoms with Gasteiger partial charge in [-0.1, -0.05) is 48.5 Å². The van der Waals surface area contributed by atoms with Crippen molar-refractivity contribution in [2.24, 2.45) is 0 Å². The number of carboxylic acids is 1. The molecule has 1 heterocycles. The summed E-state index contributed by atoms with van der Waals surface area (Å²) in [7, 11) is 1.44. The van der Waals surface area contributed by atoms with Gasteiger partial charge in [0.15, 0.2) is 0 Å². The lowest BCUT2D eigenvalue weighted by molar-refractivity contribution is -0.151. The minimum atomic E-state index is -1.06. The van der Waals surface area contributed by atoms with E-state index in [1.807, 2.05) is 36.4 Å². The molecule has 0 bridgehead atoms. The zero-order valence-corrected chi connectivity index (χ0v) is 19.9. The molecule has 2 amide bonds. The number of carbonyl (C=O) groups is 3. The maximum Gasteiger partial charge on any atom is 0.407 e. The minimum Gasteiger partial charge on any atom is -0.480 e. The number of nitrogens with zero attached hydrogens (tertiary/aromatic N) is 1. The highest BCUT2D eigenvalue weighted by molar-refractivity contribution is 7.99. The zero-order chi connectivity index (χ0) is 24.2. The number of carboxylic acid groups (broad SMARTS) is 1. The van der Waals surface area contributed by atoms with Crippen LogP contribution in [0.2, 0.25) is 0 Å². The summed E-state index contributed by atoms with van der Waals surface area (Å²) in [6, 6.07) is 14.0. The van der Waals surface area contributed by atoms with E-state index in [1.165, 1.54) is 23.8 Å². The van der Waals surface area contributed by atoms with Crippen LogP contribution in [0.1, 0.15) is 24.0 Å². The Bertz CT molecular complexity index is 1030. The quantitative estimate of drug-likeness (QED) is 0.623. The van der Waals surface area contributed by atoms with E-state index in [4.69, 9.17) is 9.47 Å². The first kappa shape index (κ1) is 24.1. The molecular weight excluding hydrogens is 456 g/mol. The monoisotopic (exact) mass is 484 g/mol. The van der Waals surface area contributed by atoms with E-state index < -0.39 is 36.2 Å². The molecule has 2 aromatic carbocycles. The van der Waals surface area contributed by atoms with Gasteiger partial charge in [-0.05, 0) is 29.2 Å². The van der Waals surface area contributed by atoms with Crippen LogP contribution in [0.4, 0.5) is 4.79 Å². The lowest BCUT2D eigenvalue weighted by Gasteiger charge is -2.36. The molecule has 1 aliphatic heterocycles. The third-order valence-corrected chi connectivity index (χ3v) is 7.44. The van der Waals surface area contributed by atoms with E-state index in [1.54, 1.807) is 6.92 Å². The Morgan fingerprint density at radius 3 is 2.32 bits per heavy atom. The lowest BCUT2D eigenvalue weighted by atomic mass is 9.98. The van der Waals surface area contributed by atoms with Gasteiger partial charge in [0, 0.05) is 31.1 Å². The van der Waals surface area contributed by atoms with E-state index in [0.717, 1.165) is 22.3 Å². The number of carbonyl (C=O) groups excluding carboxylic acids is 2. The van der Waals surface area contributed by atoms with E-state index in [-0.39, 0.29) is 12.5 Å². The van der Waals surface area contributed by atoms with Crippen molar-refractivity contribution in [1.29, 1.82) is 0 Å². The molecule has 2 N–H and O–H groups in total. The zero-order valence-electron chi connectivity index (χ0n) is 19.1. The van der Waals surface area contributed by atoms with Gasteiger partial charge < -0.3 is 24.8 Å². The Labute approximate surface area is 202 Å². The summed E-state index contributed by atoms with van der Waals surface area (Å²) in [5.74, 6) is -0.724. The van der Waals surface area contributed by atoms with Gasteiger partial charge in [0.2, 0.25) is 5.91 Å². The van der Waals surface area contributed by atoms with Gasteiger partial charge in [0.05, 0.1) is 6.10 Å². The van der Waals surface area contributed by atoms with Gasteiger partial charge in [0.1, 0.15) is 18.7 Å². The summed E-state index contributed by atoms with van der Waals surface area (Å²) in [6.07, 6.45) is -1.42. The summed E-state index contributed by atoms with van der Waals surface area (Å²) in [5, 5.41) is 12.2. The van der Waals surface area contributed by atoms with Crippen LogP contribution < -0.4 is 5.32 Å². The van der Waals surface area contributed by atoms with Crippen molar-refractivity contribution in [2.75, 3.05) is 31.8 Å². The highest BCUT2D eigenvalue weighted by Crippen LogP contribution is 2.44. The first-order chi connectivity index (χ1) is 16.4. The van der Waals surface area contributed by atoms with Gasteiger partial charge in [-0.3, -0.25) is 4.79 Å². The van der Waals surface area contributed by atoms with Crippen LogP contribution in [0.3, 0.4) is 0 Å². The Hall–Kier alpha value is -3.04. The van der Waals surface area contributed by atoms with Gasteiger partial charge in [-0.15, -0.1) is 0 Å². The van der Waals surface area contributed by atoms with Crippen LogP contribution in [-0.2, 0) is 19.1 Å². The molecule has 0 spiro atoms. The number of methoxy groups -OCH3 is 1. The van der Waals surface area contributed by atoms with E-state index in [2.05, 4.69) is 17.4 Å². The van der Waals surface area contributed by atoms with E-state index >= 15 is 0 Å². The number of thioether (sulfide) groups is 1. The molecule has 1 saturated heterocycles. The average molecular weight is 485 g/mol. The number of benzene rings is 2. The standard InChI is InChI=1S/C25H28N2O6S/c1-15(32-2)22(23(28)27-11-12-34-14-21(27)24(29)30)26-25(31)33-13-20-18-9-5-3-7-16(18)17-8-4-6-10-19(17)20/h3-10,15,20-22H,11-14H2,1-2H3,(H,26,31)(H,29,30). The molecule has 180 valence electrons. The molecule has 4 rings (SSSR count). The molecule has 3 atom stereocenters. The first-order valence-corrected chi connectivity index (χ1v) is 12.3. The third-order valence-electron chi connectivity index (χ3n) is 6.42. The van der Waals surface area contributed by atoms with Crippen LogP contribution in [0, 0.1) is 0 Å². The molecule has 8 nitrogen and oxygen atoms in total. The van der Waals surface area contributed by atoms with Crippen molar-refractivity contribution in [3.05, 3.63) is 59.7 Å². The number of nitrogens with one attached hydrogen (secondary N) is 1. The molecule has 0 aromatic heterocycles. The first-order valence-electron chi connectivity index (χ1n) is 11.2. The fraction of sp³-hybridized carbons (Fsp3) is 0.400. The highest BCUT2D eigenvalue weighted by Gasteiger charge is 2.39. The second-order valence-electron chi connectivity index (χ2n) is 8.35. The normalized spacial score (nSPS) is 19.0. The van der Waals surface area contributed by atoms with Gasteiger partial charge in [0.25, 0.3) is 0 Å². The molecule has 34 heavy (non-hydrogen) atoms. The largest absolute Gasteiger partial charge is 0.480 e. The maximum atomic E-state index is 13.2. The second kappa shape index (κ2) is 10.5. The SMILES string of the molecule is COC(C)C(NC(=O)OCC1c2ccccc2-c2ccccc21)C(=O)N1CCSCC1C(=O)O. The number of alkyl carbamates (subject to hydrolysis) is 1. The Morgan fingerprint density at radius 2 is 1.74 bits per heavy atom. The molecule has 3 unspecified atom stereocenters. The number of ether oxygens (including phenoxy) is 2. The van der Waals surface area contributed by atoms with Crippen molar-refractivity contribution in [1.82, 2.24) is 10.2 Å². The summed E-state index contributed by atoms with van der Waals surface area (Å²) in [4.78, 5) is 39.0. The Kier molecular flexibility index (Phi) is 7.43. The minimum absolute atomic E-state index is 0.109. The number of rotatable bonds is 7. The van der Waals surface area contributed by atoms with Crippen LogP contribution in [0.25, 0.3) is 11.1 Å².